The lowest BCUT2D eigenvalue weighted by atomic mass is 9.94. The second kappa shape index (κ2) is 45.3. The van der Waals surface area contributed by atoms with Crippen molar-refractivity contribution < 1.29 is 262 Å². The fourth-order valence-corrected chi connectivity index (χ4v) is 17.0. The summed E-state index contributed by atoms with van der Waals surface area (Å²) in [6.07, 6.45) is -104. The number of nitrogens with one attached hydrogen (secondary N) is 2. The van der Waals surface area contributed by atoms with Gasteiger partial charge in [-0.25, -0.2) is 0 Å². The molecule has 0 aromatic carbocycles. The van der Waals surface area contributed by atoms with Crippen LogP contribution in [0, 0.1) is 0 Å². The molecule has 0 aromatic heterocycles. The summed E-state index contributed by atoms with van der Waals surface area (Å²) in [7, 11) is 0. The predicted octanol–water partition coefficient (Wildman–Crippen LogP) is -22.1. The Balaban J connectivity index is 0.880. The highest BCUT2D eigenvalue weighted by Gasteiger charge is 2.62. The fourth-order valence-electron chi connectivity index (χ4n) is 16.0. The molecule has 3 amide bonds. The standard InChI is InChI=1S/C69H114N2O53S/c1-16(81)70-29-35(88)51(117-65-47(100)41(94)52(23(12-78)113-65)118-62-44(97)36(89)30(83)17(6-72)107-62)22(11-77)112-60(29)123-58-40(93)34(87)21(10-76)111-69(58)121-55-26(116-61(105-3-2-4-125-27-5-28(82)71-59(27)104)50(103)56(55)122-64-46(99)38(91)32(85)19(8-74)109-64)15-106-68-57(39(92)33(86)20(9-75)110-68)124-67-49(102)43(96)54(25(14-80)115-67)120-66-48(101)42(95)53(24(13-79)114-66)119-63-45(98)37(90)31(84)18(7-73)108-63/h17-27,29-58,60-69,72-80,83-103H,2-15H2,1H3,(H,70,81)(H,71,82,104)/t17?,18?,19?,20?,21?,22?,23?,24?,25?,26?,27?,29?,30-,31-,32+,33+,34+,35+,36-,37-,38-,39-,40-,41+,42+,43+,44?,45?,46?,47?,48?,49?,50?,51+,52-,53-,54+,55+,56+,57?,58?,60+,61-,62+,63+,64-,65-,66-,67-,68+,69-/m0/s1. The number of carbonyl (C=O) groups is 3. The SMILES string of the molecule is CC(=O)NC1[C@@H](OC2[C@H](O[C@@H]3C(CO[C@@H]4OC(CO)[C@@H](O)[C@H](O)C4O[C@@H]4OC(CO)[C@@H](O[C@@H]5OC(CO)[C@H](O[C@H]6OC(CO)[C@H](O)[C@H](O)C6O)[C@H](O)C5O)[C@H](O)C4O)O[C@H](OCCCSC4CC(=O)NC4=O)C(O)[C@H]3O[C@@H]3OC(CO)[C@@H](O)[C@H](O)C3O)OC(CO)[C@@H](O)[C@@H]2O)OC(CO)[C@@H](O[C@@H]2OC(CO)[C@H](O[C@H]3OC(CO)[C@H](O)[C@H](O)C3O)[C@H](O)C2O)[C@@H]1O. The Morgan fingerprint density at radius 2 is 0.600 bits per heavy atom. The zero-order valence-corrected chi connectivity index (χ0v) is 66.9. The van der Waals surface area contributed by atoms with E-state index in [4.69, 9.17) is 94.7 Å². The maximum Gasteiger partial charge on any atom is 0.240 e. The minimum atomic E-state index is -2.46. The molecule has 0 aliphatic carbocycles. The molecule has 0 radical (unpaired) electrons. The number of rotatable bonds is 35. The van der Waals surface area contributed by atoms with Gasteiger partial charge in [-0.15, -0.1) is 11.8 Å². The van der Waals surface area contributed by atoms with Gasteiger partial charge in [0.05, 0.1) is 77.9 Å². The second-order valence-electron chi connectivity index (χ2n) is 31.4. The molecule has 724 valence electrons. The maximum atomic E-state index is 13.2. The van der Waals surface area contributed by atoms with Gasteiger partial charge >= 0.3 is 0 Å². The van der Waals surface area contributed by atoms with Gasteiger partial charge in [-0.1, -0.05) is 0 Å². The average Bonchev–Trinajstić information content (AvgIpc) is 1.12. The number of amides is 3. The number of aliphatic hydroxyl groups is 30. The Bertz CT molecular complexity index is 3320. The van der Waals surface area contributed by atoms with E-state index < -0.39 is 403 Å². The van der Waals surface area contributed by atoms with Crippen LogP contribution in [-0.4, -0.2) is 562 Å². The highest BCUT2D eigenvalue weighted by molar-refractivity contribution is 8.00. The van der Waals surface area contributed by atoms with E-state index in [1.54, 1.807) is 0 Å². The third-order valence-electron chi connectivity index (χ3n) is 23.1. The predicted molar refractivity (Wildman–Crippen MR) is 384 cm³/mol. The molecule has 11 aliphatic heterocycles. The Kier molecular flexibility index (Phi) is 37.2. The number of carbonyl (C=O) groups excluding carboxylic acids is 3. The van der Waals surface area contributed by atoms with E-state index in [1.807, 2.05) is 0 Å². The van der Waals surface area contributed by atoms with Gasteiger partial charge in [0.1, 0.15) is 244 Å². The molecule has 0 spiro atoms. The Hall–Kier alpha value is -3.04. The van der Waals surface area contributed by atoms with Crippen LogP contribution in [0.4, 0.5) is 0 Å². The van der Waals surface area contributed by atoms with E-state index in [1.165, 1.54) is 0 Å². The first kappa shape index (κ1) is 102. The smallest absolute Gasteiger partial charge is 0.240 e. The summed E-state index contributed by atoms with van der Waals surface area (Å²) >= 11 is 1.03. The quantitative estimate of drug-likeness (QED) is 0.0207. The van der Waals surface area contributed by atoms with Crippen molar-refractivity contribution in [3.05, 3.63) is 0 Å². The molecule has 56 heteroatoms. The normalized spacial score (nSPS) is 50.2. The number of hydrogen-bond acceptors (Lipinski definition) is 54. The van der Waals surface area contributed by atoms with Gasteiger partial charge in [-0.05, 0) is 12.2 Å². The molecule has 32 N–H and O–H groups in total. The number of hydrogen-bond donors (Lipinski definition) is 32. The molecule has 11 fully saturated rings. The van der Waals surface area contributed by atoms with Gasteiger partial charge in [0.25, 0.3) is 0 Å². The van der Waals surface area contributed by atoms with E-state index in [2.05, 4.69) is 10.6 Å². The fraction of sp³-hybridized carbons (Fsp3) is 0.957. The zero-order chi connectivity index (χ0) is 91.3. The van der Waals surface area contributed by atoms with Gasteiger partial charge in [0.15, 0.2) is 62.9 Å². The van der Waals surface area contributed by atoms with Crippen LogP contribution in [-0.2, 0) is 109 Å². The van der Waals surface area contributed by atoms with Crippen molar-refractivity contribution in [1.82, 2.24) is 10.6 Å². The summed E-state index contributed by atoms with van der Waals surface area (Å²) in [5.74, 6) is -2.09. The van der Waals surface area contributed by atoms with Crippen LogP contribution in [0.25, 0.3) is 0 Å². The summed E-state index contributed by atoms with van der Waals surface area (Å²) in [5, 5.41) is 335. The van der Waals surface area contributed by atoms with Gasteiger partial charge < -0.3 is 253 Å². The Morgan fingerprint density at radius 1 is 0.312 bits per heavy atom. The van der Waals surface area contributed by atoms with Gasteiger partial charge in [-0.3, -0.25) is 19.7 Å². The van der Waals surface area contributed by atoms with Crippen molar-refractivity contribution >= 4 is 29.5 Å². The molecule has 11 heterocycles. The molecule has 11 aliphatic rings. The van der Waals surface area contributed by atoms with Crippen LogP contribution >= 0.6 is 11.8 Å². The van der Waals surface area contributed by atoms with Crippen molar-refractivity contribution in [2.24, 2.45) is 0 Å². The Morgan fingerprint density at radius 3 is 0.968 bits per heavy atom. The van der Waals surface area contributed by atoms with Crippen molar-refractivity contribution in [3.63, 3.8) is 0 Å². The minimum absolute atomic E-state index is 0.0214. The number of ether oxygens (including phenoxy) is 20. The topological polar surface area (TPSA) is 867 Å². The maximum absolute atomic E-state index is 13.2. The van der Waals surface area contributed by atoms with Crippen molar-refractivity contribution in [3.8, 4) is 0 Å². The van der Waals surface area contributed by atoms with E-state index in [9.17, 15) is 168 Å². The molecular weight excluding hydrogens is 1740 g/mol. The van der Waals surface area contributed by atoms with Gasteiger partial charge in [-0.2, -0.15) is 0 Å². The first-order valence-corrected chi connectivity index (χ1v) is 41.0. The summed E-state index contributed by atoms with van der Waals surface area (Å²) < 4.78 is 119. The van der Waals surface area contributed by atoms with Crippen molar-refractivity contribution in [1.29, 1.82) is 0 Å². The lowest BCUT2D eigenvalue weighted by Gasteiger charge is -2.51. The van der Waals surface area contributed by atoms with E-state index in [0.29, 0.717) is 0 Å². The highest BCUT2D eigenvalue weighted by atomic mass is 32.2. The summed E-state index contributed by atoms with van der Waals surface area (Å²) in [4.78, 5) is 37.7. The summed E-state index contributed by atoms with van der Waals surface area (Å²) in [5.41, 5.74) is 0. The molecule has 51 atom stereocenters. The molecular formula is C69H114N2O53S. The van der Waals surface area contributed by atoms with E-state index in [0.717, 1.165) is 18.7 Å². The van der Waals surface area contributed by atoms with Crippen LogP contribution in [0.1, 0.15) is 19.8 Å². The lowest BCUT2D eigenvalue weighted by Crippen LogP contribution is -2.70. The number of thioether (sulfide) groups is 1. The third kappa shape index (κ3) is 22.5. The molecule has 11 rings (SSSR count). The van der Waals surface area contributed by atoms with E-state index >= 15 is 0 Å². The van der Waals surface area contributed by atoms with Crippen LogP contribution in [0.3, 0.4) is 0 Å². The first-order valence-electron chi connectivity index (χ1n) is 39.9. The average molecular weight is 1850 g/mol. The van der Waals surface area contributed by atoms with E-state index in [-0.39, 0.29) is 18.6 Å². The molecule has 0 aromatic rings. The monoisotopic (exact) mass is 1850 g/mol. The van der Waals surface area contributed by atoms with Crippen molar-refractivity contribution in [2.45, 2.75) is 332 Å². The third-order valence-corrected chi connectivity index (χ3v) is 24.4. The molecule has 11 saturated heterocycles. The van der Waals surface area contributed by atoms with Crippen LogP contribution < -0.4 is 10.6 Å². The van der Waals surface area contributed by atoms with Crippen molar-refractivity contribution in [2.75, 3.05) is 78.4 Å². The largest absolute Gasteiger partial charge is 0.394 e. The Labute approximate surface area is 710 Å². The zero-order valence-electron chi connectivity index (χ0n) is 66.1. The number of aliphatic hydroxyl groups excluding tert-OH is 30. The lowest BCUT2D eigenvalue weighted by molar-refractivity contribution is -0.407. The molecule has 125 heavy (non-hydrogen) atoms. The highest BCUT2D eigenvalue weighted by Crippen LogP contribution is 2.42. The molecule has 21 unspecified atom stereocenters. The summed E-state index contributed by atoms with van der Waals surface area (Å²) in [6.45, 7) is -10.7. The van der Waals surface area contributed by atoms with Crippen LogP contribution in [0.5, 0.6) is 0 Å². The van der Waals surface area contributed by atoms with Gasteiger partial charge in [0, 0.05) is 13.3 Å². The number of imide groups is 1. The molecule has 55 nitrogen and oxygen atoms in total. The molecule has 0 saturated carbocycles. The molecule has 0 bridgehead atoms. The van der Waals surface area contributed by atoms with Gasteiger partial charge in [0.2, 0.25) is 17.7 Å². The minimum Gasteiger partial charge on any atom is -0.394 e. The second-order valence-corrected chi connectivity index (χ2v) is 32.8. The summed E-state index contributed by atoms with van der Waals surface area (Å²) in [6, 6.07) is -2.05. The first-order chi connectivity index (χ1) is 59.4. The van der Waals surface area contributed by atoms with Crippen LogP contribution in [0.2, 0.25) is 0 Å². The van der Waals surface area contributed by atoms with Crippen LogP contribution in [0.15, 0.2) is 0 Å².